The Balaban J connectivity index is 1.79. The van der Waals surface area contributed by atoms with Gasteiger partial charge in [-0.05, 0) is 69.4 Å². The molecule has 0 atom stereocenters. The zero-order valence-electron chi connectivity index (χ0n) is 10.5. The number of nitrogens with zero attached hydrogens (tertiary/aromatic N) is 2. The van der Waals surface area contributed by atoms with Crippen LogP contribution in [0.15, 0.2) is 24.3 Å². The van der Waals surface area contributed by atoms with Gasteiger partial charge in [-0.3, -0.25) is 0 Å². The van der Waals surface area contributed by atoms with E-state index in [1.807, 2.05) is 12.1 Å². The van der Waals surface area contributed by atoms with E-state index in [0.717, 1.165) is 17.9 Å². The Hall–Kier alpha value is -1.33. The van der Waals surface area contributed by atoms with Crippen molar-refractivity contribution in [1.82, 2.24) is 4.90 Å². The maximum absolute atomic E-state index is 8.73. The molecule has 2 rings (SSSR count). The third kappa shape index (κ3) is 3.57. The van der Waals surface area contributed by atoms with E-state index in [-0.39, 0.29) is 0 Å². The molecule has 0 unspecified atom stereocenters. The third-order valence-corrected chi connectivity index (χ3v) is 3.76. The Bertz CT molecular complexity index is 380. The first-order valence-electron chi connectivity index (χ1n) is 6.45. The van der Waals surface area contributed by atoms with Crippen LogP contribution in [0.2, 0.25) is 0 Å². The van der Waals surface area contributed by atoms with Crippen LogP contribution in [-0.2, 0) is 6.42 Å². The minimum Gasteiger partial charge on any atom is -0.306 e. The quantitative estimate of drug-likeness (QED) is 0.795. The molecule has 2 heteroatoms. The summed E-state index contributed by atoms with van der Waals surface area (Å²) in [5, 5.41) is 8.73. The summed E-state index contributed by atoms with van der Waals surface area (Å²) in [6.45, 7) is 2.50. The van der Waals surface area contributed by atoms with Crippen LogP contribution in [0.25, 0.3) is 0 Å². The Morgan fingerprint density at radius 1 is 1.24 bits per heavy atom. The summed E-state index contributed by atoms with van der Waals surface area (Å²) >= 11 is 0. The molecule has 1 fully saturated rings. The van der Waals surface area contributed by atoms with E-state index in [1.165, 1.54) is 37.9 Å². The van der Waals surface area contributed by atoms with E-state index in [9.17, 15) is 0 Å². The Kier molecular flexibility index (Phi) is 4.17. The molecule has 0 aliphatic carbocycles. The second-order valence-corrected chi connectivity index (χ2v) is 5.09. The van der Waals surface area contributed by atoms with E-state index in [1.54, 1.807) is 0 Å². The van der Waals surface area contributed by atoms with Gasteiger partial charge in [-0.1, -0.05) is 12.1 Å². The molecule has 90 valence electrons. The van der Waals surface area contributed by atoms with E-state index in [4.69, 9.17) is 5.26 Å². The normalized spacial score (nSPS) is 17.9. The van der Waals surface area contributed by atoms with Gasteiger partial charge in [0, 0.05) is 0 Å². The molecule has 0 aromatic heterocycles. The first-order chi connectivity index (χ1) is 8.28. The summed E-state index contributed by atoms with van der Waals surface area (Å²) in [4.78, 5) is 2.41. The van der Waals surface area contributed by atoms with Gasteiger partial charge < -0.3 is 4.90 Å². The van der Waals surface area contributed by atoms with Crippen LogP contribution in [0.4, 0.5) is 0 Å². The maximum Gasteiger partial charge on any atom is 0.0991 e. The largest absolute Gasteiger partial charge is 0.306 e. The fourth-order valence-electron chi connectivity index (χ4n) is 2.47. The van der Waals surface area contributed by atoms with Crippen LogP contribution in [0.1, 0.15) is 30.4 Å². The van der Waals surface area contributed by atoms with Crippen LogP contribution in [0.5, 0.6) is 0 Å². The average Bonchev–Trinajstić information content (AvgIpc) is 2.39. The molecule has 1 aliphatic rings. The summed E-state index contributed by atoms with van der Waals surface area (Å²) < 4.78 is 0. The molecule has 1 saturated heterocycles. The van der Waals surface area contributed by atoms with Gasteiger partial charge in [-0.2, -0.15) is 5.26 Å². The summed E-state index contributed by atoms with van der Waals surface area (Å²) in [5.41, 5.74) is 2.12. The van der Waals surface area contributed by atoms with Gasteiger partial charge in [0.05, 0.1) is 11.6 Å². The number of aryl methyl sites for hydroxylation is 1. The van der Waals surface area contributed by atoms with Gasteiger partial charge in [0.2, 0.25) is 0 Å². The SMILES string of the molecule is CN1CCC(CCc2ccc(C#N)cc2)CC1. The molecular formula is C15H20N2. The summed E-state index contributed by atoms with van der Waals surface area (Å²) in [7, 11) is 2.21. The van der Waals surface area contributed by atoms with Gasteiger partial charge in [0.1, 0.15) is 0 Å². The van der Waals surface area contributed by atoms with Crippen LogP contribution in [-0.4, -0.2) is 25.0 Å². The van der Waals surface area contributed by atoms with Crippen molar-refractivity contribution in [2.75, 3.05) is 20.1 Å². The Morgan fingerprint density at radius 3 is 2.47 bits per heavy atom. The van der Waals surface area contributed by atoms with Crippen LogP contribution in [0, 0.1) is 17.2 Å². The zero-order chi connectivity index (χ0) is 12.1. The fraction of sp³-hybridized carbons (Fsp3) is 0.533. The highest BCUT2D eigenvalue weighted by Crippen LogP contribution is 2.21. The molecule has 1 heterocycles. The highest BCUT2D eigenvalue weighted by atomic mass is 15.1. The number of benzene rings is 1. The molecule has 0 saturated carbocycles. The second-order valence-electron chi connectivity index (χ2n) is 5.09. The molecule has 0 spiro atoms. The standard InChI is InChI=1S/C15H20N2/c1-17-10-8-14(9-11-17)3-2-13-4-6-15(12-16)7-5-13/h4-7,14H,2-3,8-11H2,1H3. The minimum atomic E-state index is 0.757. The van der Waals surface area contributed by atoms with E-state index < -0.39 is 0 Å². The molecular weight excluding hydrogens is 208 g/mol. The molecule has 17 heavy (non-hydrogen) atoms. The first-order valence-corrected chi connectivity index (χ1v) is 6.45. The third-order valence-electron chi connectivity index (χ3n) is 3.76. The van der Waals surface area contributed by atoms with Gasteiger partial charge in [0.25, 0.3) is 0 Å². The lowest BCUT2D eigenvalue weighted by molar-refractivity contribution is 0.212. The monoisotopic (exact) mass is 228 g/mol. The van der Waals surface area contributed by atoms with Gasteiger partial charge in [0.15, 0.2) is 0 Å². The number of likely N-dealkylation sites (tertiary alicyclic amines) is 1. The van der Waals surface area contributed by atoms with Crippen molar-refractivity contribution in [2.24, 2.45) is 5.92 Å². The highest BCUT2D eigenvalue weighted by Gasteiger charge is 2.16. The molecule has 0 radical (unpaired) electrons. The van der Waals surface area contributed by atoms with Gasteiger partial charge in [-0.25, -0.2) is 0 Å². The molecule has 0 amide bonds. The minimum absolute atomic E-state index is 0.757. The second kappa shape index (κ2) is 5.84. The van der Waals surface area contributed by atoms with Crippen molar-refractivity contribution in [2.45, 2.75) is 25.7 Å². The van der Waals surface area contributed by atoms with Crippen molar-refractivity contribution in [3.8, 4) is 6.07 Å². The van der Waals surface area contributed by atoms with Gasteiger partial charge in [-0.15, -0.1) is 0 Å². The molecule has 0 bridgehead atoms. The number of nitriles is 1. The van der Waals surface area contributed by atoms with E-state index in [2.05, 4.69) is 30.1 Å². The predicted molar refractivity (Wildman–Crippen MR) is 69.7 cm³/mol. The van der Waals surface area contributed by atoms with Crippen LogP contribution in [0.3, 0.4) is 0 Å². The summed E-state index contributed by atoms with van der Waals surface area (Å²) in [6, 6.07) is 10.2. The van der Waals surface area contributed by atoms with Crippen LogP contribution >= 0.6 is 0 Å². The number of hydrogen-bond acceptors (Lipinski definition) is 2. The fourth-order valence-corrected chi connectivity index (χ4v) is 2.47. The molecule has 1 aromatic rings. The molecule has 2 nitrogen and oxygen atoms in total. The zero-order valence-corrected chi connectivity index (χ0v) is 10.5. The summed E-state index contributed by atoms with van der Waals surface area (Å²) in [6.07, 6.45) is 5.12. The van der Waals surface area contributed by atoms with Crippen molar-refractivity contribution in [3.05, 3.63) is 35.4 Å². The predicted octanol–water partition coefficient (Wildman–Crippen LogP) is 2.83. The van der Waals surface area contributed by atoms with E-state index in [0.29, 0.717) is 0 Å². The average molecular weight is 228 g/mol. The molecule has 0 N–H and O–H groups in total. The van der Waals surface area contributed by atoms with Crippen molar-refractivity contribution in [1.29, 1.82) is 5.26 Å². The lowest BCUT2D eigenvalue weighted by atomic mass is 9.90. The Morgan fingerprint density at radius 2 is 1.88 bits per heavy atom. The van der Waals surface area contributed by atoms with E-state index >= 15 is 0 Å². The maximum atomic E-state index is 8.73. The smallest absolute Gasteiger partial charge is 0.0991 e. The lowest BCUT2D eigenvalue weighted by Crippen LogP contribution is -2.30. The number of piperidine rings is 1. The topological polar surface area (TPSA) is 27.0 Å². The van der Waals surface area contributed by atoms with Crippen molar-refractivity contribution < 1.29 is 0 Å². The number of hydrogen-bond donors (Lipinski definition) is 0. The van der Waals surface area contributed by atoms with Crippen LogP contribution < -0.4 is 0 Å². The summed E-state index contributed by atoms with van der Waals surface area (Å²) in [5.74, 6) is 0.891. The van der Waals surface area contributed by atoms with Gasteiger partial charge >= 0.3 is 0 Å². The highest BCUT2D eigenvalue weighted by molar-refractivity contribution is 5.31. The lowest BCUT2D eigenvalue weighted by Gasteiger charge is -2.28. The first kappa shape index (κ1) is 12.1. The van der Waals surface area contributed by atoms with Crippen molar-refractivity contribution >= 4 is 0 Å². The number of rotatable bonds is 3. The molecule has 1 aliphatic heterocycles. The van der Waals surface area contributed by atoms with Crippen molar-refractivity contribution in [3.63, 3.8) is 0 Å². The Labute approximate surface area is 104 Å². The molecule has 1 aromatic carbocycles.